The lowest BCUT2D eigenvalue weighted by Crippen LogP contribution is -2.27. The number of ether oxygens (including phenoxy) is 1. The Labute approximate surface area is 216 Å². The normalized spacial score (nSPS) is 15.0. The minimum Gasteiger partial charge on any atom is -0.492 e. The number of nitrogens with zero attached hydrogens (tertiary/aromatic N) is 2. The van der Waals surface area contributed by atoms with Crippen LogP contribution >= 0.6 is 47.2 Å². The van der Waals surface area contributed by atoms with Crippen molar-refractivity contribution in [1.82, 2.24) is 4.57 Å². The fourth-order valence-electron chi connectivity index (χ4n) is 3.83. The van der Waals surface area contributed by atoms with Crippen LogP contribution in [0.3, 0.4) is 0 Å². The van der Waals surface area contributed by atoms with Gasteiger partial charge in [-0.25, -0.2) is 0 Å². The Hall–Kier alpha value is -2.77. The SMILES string of the molecule is O=C1/C(=C\c2cn(CCOc3ccccc3)c3ccccc23)SC(=S)N1c1ccc(Cl)cc1Cl. The van der Waals surface area contributed by atoms with Gasteiger partial charge in [0, 0.05) is 27.7 Å². The average Bonchev–Trinajstić information content (AvgIpc) is 3.32. The molecule has 1 amide bonds. The van der Waals surface area contributed by atoms with Gasteiger partial charge < -0.3 is 9.30 Å². The van der Waals surface area contributed by atoms with E-state index in [2.05, 4.69) is 10.6 Å². The first kappa shape index (κ1) is 23.0. The molecule has 1 saturated heterocycles. The van der Waals surface area contributed by atoms with E-state index in [1.807, 2.05) is 60.8 Å². The van der Waals surface area contributed by atoms with Gasteiger partial charge in [0.2, 0.25) is 0 Å². The third-order valence-electron chi connectivity index (χ3n) is 5.39. The van der Waals surface area contributed by atoms with Gasteiger partial charge in [0.05, 0.1) is 22.2 Å². The van der Waals surface area contributed by atoms with Crippen molar-refractivity contribution in [3.63, 3.8) is 0 Å². The van der Waals surface area contributed by atoms with Crippen LogP contribution in [0.2, 0.25) is 10.0 Å². The van der Waals surface area contributed by atoms with Crippen LogP contribution in [0.15, 0.2) is 83.9 Å². The van der Waals surface area contributed by atoms with Crippen molar-refractivity contribution in [3.8, 4) is 5.75 Å². The summed E-state index contributed by atoms with van der Waals surface area (Å²) in [6.45, 7) is 1.20. The van der Waals surface area contributed by atoms with Crippen molar-refractivity contribution in [2.45, 2.75) is 6.54 Å². The van der Waals surface area contributed by atoms with Crippen LogP contribution in [0.25, 0.3) is 17.0 Å². The van der Waals surface area contributed by atoms with Crippen LogP contribution in [0, 0.1) is 0 Å². The first-order chi connectivity index (χ1) is 16.5. The van der Waals surface area contributed by atoms with Gasteiger partial charge in [0.25, 0.3) is 5.91 Å². The second-order valence-electron chi connectivity index (χ2n) is 7.57. The van der Waals surface area contributed by atoms with Gasteiger partial charge in [-0.3, -0.25) is 9.69 Å². The number of halogens is 2. The molecule has 1 aromatic heterocycles. The largest absolute Gasteiger partial charge is 0.492 e. The van der Waals surface area contributed by atoms with E-state index in [4.69, 9.17) is 40.2 Å². The highest BCUT2D eigenvalue weighted by Gasteiger charge is 2.34. The van der Waals surface area contributed by atoms with E-state index in [1.54, 1.807) is 18.2 Å². The van der Waals surface area contributed by atoms with E-state index in [0.29, 0.717) is 38.1 Å². The zero-order valence-electron chi connectivity index (χ0n) is 17.8. The molecule has 0 N–H and O–H groups in total. The Morgan fingerprint density at radius 1 is 1.00 bits per heavy atom. The smallest absolute Gasteiger partial charge is 0.270 e. The Kier molecular flexibility index (Phi) is 6.66. The number of hydrogen-bond donors (Lipinski definition) is 0. The number of rotatable bonds is 6. The third kappa shape index (κ3) is 4.59. The molecule has 0 bridgehead atoms. The number of aromatic nitrogens is 1. The van der Waals surface area contributed by atoms with Crippen LogP contribution in [-0.4, -0.2) is 21.4 Å². The molecule has 0 atom stereocenters. The number of para-hydroxylation sites is 2. The van der Waals surface area contributed by atoms with Gasteiger partial charge >= 0.3 is 0 Å². The maximum Gasteiger partial charge on any atom is 0.270 e. The third-order valence-corrected chi connectivity index (χ3v) is 7.23. The van der Waals surface area contributed by atoms with E-state index < -0.39 is 0 Å². The van der Waals surface area contributed by atoms with Gasteiger partial charge in [-0.2, -0.15) is 0 Å². The number of carbonyl (C=O) groups is 1. The topological polar surface area (TPSA) is 34.5 Å². The van der Waals surface area contributed by atoms with E-state index in [-0.39, 0.29) is 5.91 Å². The van der Waals surface area contributed by atoms with Gasteiger partial charge in [0.1, 0.15) is 12.4 Å². The monoisotopic (exact) mass is 524 g/mol. The highest BCUT2D eigenvalue weighted by molar-refractivity contribution is 8.27. The fraction of sp³-hybridized carbons (Fsp3) is 0.0769. The number of fused-ring (bicyclic) bond motifs is 1. The Balaban J connectivity index is 1.42. The number of thioether (sulfide) groups is 1. The summed E-state index contributed by atoms with van der Waals surface area (Å²) in [5.41, 5.74) is 2.54. The van der Waals surface area contributed by atoms with Crippen molar-refractivity contribution in [3.05, 3.63) is 99.5 Å². The second-order valence-corrected chi connectivity index (χ2v) is 10.1. The summed E-state index contributed by atoms with van der Waals surface area (Å²) in [7, 11) is 0. The Bertz CT molecular complexity index is 1430. The molecule has 170 valence electrons. The Morgan fingerprint density at radius 3 is 2.56 bits per heavy atom. The zero-order chi connectivity index (χ0) is 23.7. The number of anilines is 1. The minimum atomic E-state index is -0.205. The molecule has 0 saturated carbocycles. The van der Waals surface area contributed by atoms with Gasteiger partial charge in [0.15, 0.2) is 4.32 Å². The molecule has 5 rings (SSSR count). The first-order valence-corrected chi connectivity index (χ1v) is 12.5. The van der Waals surface area contributed by atoms with Crippen molar-refractivity contribution in [2.75, 3.05) is 11.5 Å². The van der Waals surface area contributed by atoms with Crippen molar-refractivity contribution in [1.29, 1.82) is 0 Å². The lowest BCUT2D eigenvalue weighted by Gasteiger charge is -2.16. The van der Waals surface area contributed by atoms with Gasteiger partial charge in [-0.1, -0.05) is 83.6 Å². The molecule has 34 heavy (non-hydrogen) atoms. The van der Waals surface area contributed by atoms with E-state index in [0.717, 1.165) is 22.2 Å². The lowest BCUT2D eigenvalue weighted by molar-refractivity contribution is -0.113. The number of amides is 1. The van der Waals surface area contributed by atoms with Gasteiger partial charge in [-0.05, 0) is 42.5 Å². The van der Waals surface area contributed by atoms with Crippen molar-refractivity contribution in [2.24, 2.45) is 0 Å². The van der Waals surface area contributed by atoms with Crippen LogP contribution in [-0.2, 0) is 11.3 Å². The quantitative estimate of drug-likeness (QED) is 0.194. The molecular weight excluding hydrogens is 507 g/mol. The molecule has 0 radical (unpaired) electrons. The standard InChI is InChI=1S/C26H18Cl2N2O2S2/c27-18-10-11-23(21(28)15-18)30-25(31)24(34-26(30)33)14-17-16-29(22-9-5-4-8-20(17)22)12-13-32-19-6-2-1-3-7-19/h1-11,14-16H,12-13H2/b24-14+. The predicted molar refractivity (Wildman–Crippen MR) is 146 cm³/mol. The molecule has 0 unspecified atom stereocenters. The molecule has 1 aliphatic rings. The summed E-state index contributed by atoms with van der Waals surface area (Å²) in [5, 5.41) is 1.93. The second kappa shape index (κ2) is 9.84. The molecule has 8 heteroatoms. The number of carbonyl (C=O) groups excluding carboxylic acids is 1. The molecule has 3 aromatic carbocycles. The van der Waals surface area contributed by atoms with Gasteiger partial charge in [-0.15, -0.1) is 0 Å². The van der Waals surface area contributed by atoms with Crippen molar-refractivity contribution < 1.29 is 9.53 Å². The number of hydrogen-bond acceptors (Lipinski definition) is 4. The molecule has 0 aliphatic carbocycles. The molecule has 4 aromatic rings. The van der Waals surface area contributed by atoms with E-state index >= 15 is 0 Å². The lowest BCUT2D eigenvalue weighted by atomic mass is 10.1. The summed E-state index contributed by atoms with van der Waals surface area (Å²) in [6.07, 6.45) is 3.93. The molecule has 4 nitrogen and oxygen atoms in total. The minimum absolute atomic E-state index is 0.205. The van der Waals surface area contributed by atoms with Crippen LogP contribution in [0.4, 0.5) is 5.69 Å². The average molecular weight is 525 g/mol. The van der Waals surface area contributed by atoms with Crippen LogP contribution in [0.1, 0.15) is 5.56 Å². The van der Waals surface area contributed by atoms with Crippen molar-refractivity contribution >= 4 is 80.1 Å². The maximum absolute atomic E-state index is 13.3. The maximum atomic E-state index is 13.3. The van der Waals surface area contributed by atoms with E-state index in [9.17, 15) is 4.79 Å². The highest BCUT2D eigenvalue weighted by Crippen LogP contribution is 2.40. The summed E-state index contributed by atoms with van der Waals surface area (Å²) in [4.78, 5) is 15.3. The molecular formula is C26H18Cl2N2O2S2. The predicted octanol–water partition coefficient (Wildman–Crippen LogP) is 7.43. The van der Waals surface area contributed by atoms with Crippen LogP contribution in [0.5, 0.6) is 5.75 Å². The number of thiocarbonyl (C=S) groups is 1. The summed E-state index contributed by atoms with van der Waals surface area (Å²) in [5.74, 6) is 0.632. The summed E-state index contributed by atoms with van der Waals surface area (Å²) in [6, 6.07) is 22.8. The molecule has 1 aliphatic heterocycles. The fourth-order valence-corrected chi connectivity index (χ4v) is 5.60. The molecule has 1 fully saturated rings. The molecule has 0 spiro atoms. The number of benzene rings is 3. The summed E-state index contributed by atoms with van der Waals surface area (Å²) >= 11 is 19.1. The molecule has 2 heterocycles. The zero-order valence-corrected chi connectivity index (χ0v) is 20.9. The first-order valence-electron chi connectivity index (χ1n) is 10.5. The van der Waals surface area contributed by atoms with Crippen LogP contribution < -0.4 is 9.64 Å². The Morgan fingerprint density at radius 2 is 1.76 bits per heavy atom. The highest BCUT2D eigenvalue weighted by atomic mass is 35.5. The van der Waals surface area contributed by atoms with E-state index in [1.165, 1.54) is 16.7 Å². The summed E-state index contributed by atoms with van der Waals surface area (Å²) < 4.78 is 8.45.